The van der Waals surface area contributed by atoms with Gasteiger partial charge in [0.15, 0.2) is 0 Å². The van der Waals surface area contributed by atoms with Gasteiger partial charge in [-0.1, -0.05) is 32.4 Å². The zero-order valence-electron chi connectivity index (χ0n) is 11.0. The van der Waals surface area contributed by atoms with Crippen molar-refractivity contribution in [3.63, 3.8) is 0 Å². The van der Waals surface area contributed by atoms with Gasteiger partial charge in [-0.05, 0) is 36.0 Å². The molecule has 0 radical (unpaired) electrons. The molecule has 1 fully saturated rings. The fraction of sp³-hybridized carbons (Fsp3) is 0.533. The summed E-state index contributed by atoms with van der Waals surface area (Å²) in [5.74, 6) is 0.783. The Bertz CT molecular complexity index is 425. The van der Waals surface area contributed by atoms with E-state index in [0.717, 1.165) is 30.5 Å². The first-order chi connectivity index (χ1) is 8.53. The molecule has 0 heterocycles. The van der Waals surface area contributed by atoms with E-state index in [1.54, 1.807) is 0 Å². The van der Waals surface area contributed by atoms with Crippen LogP contribution in [0.25, 0.3) is 0 Å². The van der Waals surface area contributed by atoms with Crippen LogP contribution in [0.2, 0.25) is 0 Å². The van der Waals surface area contributed by atoms with Crippen LogP contribution in [0.3, 0.4) is 0 Å². The highest BCUT2D eigenvalue weighted by Gasteiger charge is 2.39. The Morgan fingerprint density at radius 1 is 1.39 bits per heavy atom. The summed E-state index contributed by atoms with van der Waals surface area (Å²) in [7, 11) is 0. The Morgan fingerprint density at radius 3 is 2.56 bits per heavy atom. The Kier molecular flexibility index (Phi) is 3.96. The monoisotopic (exact) mass is 265 g/mol. The van der Waals surface area contributed by atoms with Crippen molar-refractivity contribution in [2.45, 2.75) is 39.0 Å². The van der Waals surface area contributed by atoms with Crippen molar-refractivity contribution in [2.24, 2.45) is 11.3 Å². The highest BCUT2D eigenvalue weighted by Crippen LogP contribution is 2.42. The molecule has 1 saturated carbocycles. The maximum absolute atomic E-state index is 12.2. The summed E-state index contributed by atoms with van der Waals surface area (Å²) in [6.45, 7) is 4.36. The molecule has 0 aliphatic heterocycles. The first kappa shape index (κ1) is 13.4. The maximum atomic E-state index is 12.2. The lowest BCUT2D eigenvalue weighted by atomic mass is 9.81. The summed E-state index contributed by atoms with van der Waals surface area (Å²) >= 11 is 5.74. The number of hydrogen-bond donors (Lipinski definition) is 1. The summed E-state index contributed by atoms with van der Waals surface area (Å²) < 4.78 is 0. The highest BCUT2D eigenvalue weighted by atomic mass is 35.5. The van der Waals surface area contributed by atoms with Gasteiger partial charge in [0, 0.05) is 17.5 Å². The molecule has 0 spiro atoms. The van der Waals surface area contributed by atoms with E-state index in [0.29, 0.717) is 5.88 Å². The molecule has 3 heteroatoms. The molecule has 1 N–H and O–H groups in total. The van der Waals surface area contributed by atoms with Gasteiger partial charge in [0.1, 0.15) is 0 Å². The van der Waals surface area contributed by atoms with E-state index in [1.165, 1.54) is 0 Å². The van der Waals surface area contributed by atoms with E-state index in [4.69, 9.17) is 11.6 Å². The number of carbonyl (C=O) groups is 1. The summed E-state index contributed by atoms with van der Waals surface area (Å²) in [4.78, 5) is 12.2. The van der Waals surface area contributed by atoms with Crippen LogP contribution < -0.4 is 5.32 Å². The summed E-state index contributed by atoms with van der Waals surface area (Å²) in [5, 5.41) is 3.01. The number of nitrogens with one attached hydrogen (secondary N) is 1. The van der Waals surface area contributed by atoms with Crippen LogP contribution in [0.4, 0.5) is 5.69 Å². The molecule has 1 aromatic rings. The Hall–Kier alpha value is -1.02. The van der Waals surface area contributed by atoms with Crippen molar-refractivity contribution < 1.29 is 4.79 Å². The summed E-state index contributed by atoms with van der Waals surface area (Å²) in [6.07, 6.45) is 3.28. The molecule has 18 heavy (non-hydrogen) atoms. The lowest BCUT2D eigenvalue weighted by Gasteiger charge is -2.25. The molecule has 98 valence electrons. The fourth-order valence-corrected chi connectivity index (χ4v) is 2.90. The van der Waals surface area contributed by atoms with Crippen LogP contribution >= 0.6 is 11.6 Å². The van der Waals surface area contributed by atoms with E-state index >= 15 is 0 Å². The first-order valence-electron chi connectivity index (χ1n) is 6.49. The van der Waals surface area contributed by atoms with Crippen LogP contribution in [0.5, 0.6) is 0 Å². The molecule has 2 rings (SSSR count). The number of anilines is 1. The van der Waals surface area contributed by atoms with Gasteiger partial charge in [-0.25, -0.2) is 0 Å². The quantitative estimate of drug-likeness (QED) is 0.816. The van der Waals surface area contributed by atoms with Crippen molar-refractivity contribution in [1.29, 1.82) is 0 Å². The average molecular weight is 266 g/mol. The van der Waals surface area contributed by atoms with E-state index in [2.05, 4.69) is 19.2 Å². The van der Waals surface area contributed by atoms with Gasteiger partial charge in [-0.15, -0.1) is 11.6 Å². The third-order valence-electron chi connectivity index (χ3n) is 3.95. The summed E-state index contributed by atoms with van der Waals surface area (Å²) in [6, 6.07) is 7.72. The smallest absolute Gasteiger partial charge is 0.228 e. The van der Waals surface area contributed by atoms with Crippen molar-refractivity contribution >= 4 is 23.2 Å². The van der Waals surface area contributed by atoms with Gasteiger partial charge >= 0.3 is 0 Å². The molecule has 1 aromatic carbocycles. The van der Waals surface area contributed by atoms with E-state index in [1.807, 2.05) is 24.3 Å². The first-order valence-corrected chi connectivity index (χ1v) is 7.02. The van der Waals surface area contributed by atoms with Gasteiger partial charge in [-0.2, -0.15) is 0 Å². The number of carbonyl (C=O) groups excluding carboxylic acids is 1. The predicted octanol–water partition coefficient (Wildman–Crippen LogP) is 4.19. The number of rotatable bonds is 3. The molecule has 0 saturated heterocycles. The normalized spacial score (nSPS) is 21.8. The largest absolute Gasteiger partial charge is 0.326 e. The van der Waals surface area contributed by atoms with E-state index < -0.39 is 0 Å². The van der Waals surface area contributed by atoms with Crippen molar-refractivity contribution in [1.82, 2.24) is 0 Å². The minimum absolute atomic E-state index is 0.125. The van der Waals surface area contributed by atoms with E-state index in [9.17, 15) is 4.79 Å². The second-order valence-electron chi connectivity index (χ2n) is 5.75. The van der Waals surface area contributed by atoms with Gasteiger partial charge in [-0.3, -0.25) is 4.79 Å². The number of benzene rings is 1. The fourth-order valence-electron chi connectivity index (χ4n) is 2.72. The number of alkyl halides is 1. The molecule has 2 nitrogen and oxygen atoms in total. The van der Waals surface area contributed by atoms with Gasteiger partial charge in [0.2, 0.25) is 5.91 Å². The van der Waals surface area contributed by atoms with Crippen molar-refractivity contribution in [3.8, 4) is 0 Å². The van der Waals surface area contributed by atoms with E-state index in [-0.39, 0.29) is 17.2 Å². The van der Waals surface area contributed by atoms with Crippen LogP contribution in [0, 0.1) is 11.3 Å². The van der Waals surface area contributed by atoms with Crippen LogP contribution in [-0.2, 0) is 10.7 Å². The third kappa shape index (κ3) is 2.86. The Labute approximate surface area is 114 Å². The molecule has 1 aliphatic carbocycles. The molecule has 1 unspecified atom stereocenters. The highest BCUT2D eigenvalue weighted by molar-refractivity contribution is 6.17. The SMILES string of the molecule is CC1(C)CCCC1C(=O)Nc1ccc(CCl)cc1. The molecule has 1 amide bonds. The lowest BCUT2D eigenvalue weighted by Crippen LogP contribution is -2.30. The Balaban J connectivity index is 2.02. The average Bonchev–Trinajstić information content (AvgIpc) is 2.70. The number of halogens is 1. The minimum Gasteiger partial charge on any atom is -0.326 e. The maximum Gasteiger partial charge on any atom is 0.228 e. The zero-order chi connectivity index (χ0) is 13.2. The predicted molar refractivity (Wildman–Crippen MR) is 75.8 cm³/mol. The van der Waals surface area contributed by atoms with Crippen molar-refractivity contribution in [3.05, 3.63) is 29.8 Å². The second kappa shape index (κ2) is 5.31. The van der Waals surface area contributed by atoms with Crippen LogP contribution in [0.15, 0.2) is 24.3 Å². The lowest BCUT2D eigenvalue weighted by molar-refractivity contribution is -0.122. The van der Waals surface area contributed by atoms with Gasteiger partial charge in [0.05, 0.1) is 0 Å². The molecule has 1 aliphatic rings. The zero-order valence-corrected chi connectivity index (χ0v) is 11.8. The Morgan fingerprint density at radius 2 is 2.06 bits per heavy atom. The molecular weight excluding hydrogens is 246 g/mol. The second-order valence-corrected chi connectivity index (χ2v) is 6.02. The van der Waals surface area contributed by atoms with Crippen LogP contribution in [-0.4, -0.2) is 5.91 Å². The molecule has 1 atom stereocenters. The molecule has 0 aromatic heterocycles. The topological polar surface area (TPSA) is 29.1 Å². The van der Waals surface area contributed by atoms with Crippen molar-refractivity contribution in [2.75, 3.05) is 5.32 Å². The molecular formula is C15H20ClNO. The molecule has 0 bridgehead atoms. The summed E-state index contributed by atoms with van der Waals surface area (Å²) in [5.41, 5.74) is 2.05. The number of amides is 1. The minimum atomic E-state index is 0.125. The standard InChI is InChI=1S/C15H20ClNO/c1-15(2)9-3-4-13(15)14(18)17-12-7-5-11(10-16)6-8-12/h5-8,13H,3-4,9-10H2,1-2H3,(H,17,18). The van der Waals surface area contributed by atoms with Gasteiger partial charge in [0.25, 0.3) is 0 Å². The van der Waals surface area contributed by atoms with Crippen LogP contribution in [0.1, 0.15) is 38.7 Å². The third-order valence-corrected chi connectivity index (χ3v) is 4.26. The number of hydrogen-bond acceptors (Lipinski definition) is 1. The van der Waals surface area contributed by atoms with Gasteiger partial charge < -0.3 is 5.32 Å².